The van der Waals surface area contributed by atoms with E-state index in [4.69, 9.17) is 5.73 Å². The third-order valence-corrected chi connectivity index (χ3v) is 4.65. The fourth-order valence-corrected chi connectivity index (χ4v) is 2.45. The first-order chi connectivity index (χ1) is 11.2. The van der Waals surface area contributed by atoms with Gasteiger partial charge in [0, 0.05) is 17.6 Å². The van der Waals surface area contributed by atoms with Crippen molar-refractivity contribution in [3.63, 3.8) is 0 Å². The van der Waals surface area contributed by atoms with Crippen molar-refractivity contribution in [1.82, 2.24) is 10.6 Å². The van der Waals surface area contributed by atoms with Crippen LogP contribution < -0.4 is 16.4 Å². The van der Waals surface area contributed by atoms with E-state index in [0.29, 0.717) is 12.1 Å². The van der Waals surface area contributed by atoms with Crippen molar-refractivity contribution in [3.05, 3.63) is 35.4 Å². The zero-order valence-electron chi connectivity index (χ0n) is 15.9. The third-order valence-electron chi connectivity index (χ3n) is 4.65. The Morgan fingerprint density at radius 3 is 2.20 bits per heavy atom. The molecule has 0 fully saturated rings. The average molecular weight is 370 g/mol. The maximum Gasteiger partial charge on any atom is 0.252 e. The fourth-order valence-electron chi connectivity index (χ4n) is 2.45. The molecular weight excluding hydrogens is 338 g/mol. The second kappa shape index (κ2) is 10.4. The molecule has 0 radical (unpaired) electrons. The van der Waals surface area contributed by atoms with E-state index < -0.39 is 11.6 Å². The molecule has 0 spiro atoms. The lowest BCUT2D eigenvalue weighted by Gasteiger charge is -2.29. The highest BCUT2D eigenvalue weighted by molar-refractivity contribution is 5.98. The predicted molar refractivity (Wildman–Crippen MR) is 105 cm³/mol. The second-order valence-corrected chi connectivity index (χ2v) is 6.80. The van der Waals surface area contributed by atoms with Crippen molar-refractivity contribution in [2.24, 2.45) is 11.7 Å². The quantitative estimate of drug-likeness (QED) is 0.658. The molecule has 0 aliphatic heterocycles. The first-order valence-corrected chi connectivity index (χ1v) is 8.67. The van der Waals surface area contributed by atoms with Gasteiger partial charge >= 0.3 is 0 Å². The highest BCUT2D eigenvalue weighted by atomic mass is 35.5. The molecule has 142 valence electrons. The number of hydrogen-bond acceptors (Lipinski definition) is 3. The SMILES string of the molecule is CCC(N)(CC)CNC(=O)C(NC(=O)c1ccccc1C)C(C)C.Cl. The highest BCUT2D eigenvalue weighted by Crippen LogP contribution is 2.11. The van der Waals surface area contributed by atoms with E-state index in [1.165, 1.54) is 0 Å². The van der Waals surface area contributed by atoms with Gasteiger partial charge in [-0.3, -0.25) is 9.59 Å². The summed E-state index contributed by atoms with van der Waals surface area (Å²) in [4.78, 5) is 25.0. The van der Waals surface area contributed by atoms with Crippen molar-refractivity contribution in [2.45, 2.75) is 59.0 Å². The van der Waals surface area contributed by atoms with Gasteiger partial charge in [-0.2, -0.15) is 0 Å². The number of rotatable bonds is 8. The first kappa shape index (κ1) is 23.4. The van der Waals surface area contributed by atoms with Gasteiger partial charge in [-0.05, 0) is 37.3 Å². The Kier molecular flexibility index (Phi) is 9.75. The molecule has 4 N–H and O–H groups in total. The second-order valence-electron chi connectivity index (χ2n) is 6.80. The summed E-state index contributed by atoms with van der Waals surface area (Å²) in [5, 5.41) is 5.75. The topological polar surface area (TPSA) is 84.2 Å². The lowest BCUT2D eigenvalue weighted by Crippen LogP contribution is -2.55. The number of amides is 2. The highest BCUT2D eigenvalue weighted by Gasteiger charge is 2.27. The van der Waals surface area contributed by atoms with Crippen molar-refractivity contribution in [1.29, 1.82) is 0 Å². The zero-order valence-corrected chi connectivity index (χ0v) is 16.7. The van der Waals surface area contributed by atoms with Crippen molar-refractivity contribution >= 4 is 24.2 Å². The summed E-state index contributed by atoms with van der Waals surface area (Å²) in [5.41, 5.74) is 7.30. The standard InChI is InChI=1S/C19H31N3O2.ClH/c1-6-19(20,7-2)12-21-18(24)16(13(3)4)22-17(23)15-11-9-8-10-14(15)5;/h8-11,13,16H,6-7,12,20H2,1-5H3,(H,21,24)(H,22,23);1H. The number of benzene rings is 1. The summed E-state index contributed by atoms with van der Waals surface area (Å²) in [6, 6.07) is 6.76. The van der Waals surface area contributed by atoms with Gasteiger partial charge in [-0.15, -0.1) is 12.4 Å². The van der Waals surface area contributed by atoms with Gasteiger partial charge in [0.15, 0.2) is 0 Å². The molecule has 1 unspecified atom stereocenters. The molecule has 1 atom stereocenters. The van der Waals surface area contributed by atoms with E-state index in [0.717, 1.165) is 18.4 Å². The smallest absolute Gasteiger partial charge is 0.252 e. The van der Waals surface area contributed by atoms with Gasteiger partial charge in [0.2, 0.25) is 5.91 Å². The van der Waals surface area contributed by atoms with Gasteiger partial charge in [0.1, 0.15) is 6.04 Å². The molecule has 0 aliphatic carbocycles. The summed E-state index contributed by atoms with van der Waals surface area (Å²) in [7, 11) is 0. The van der Waals surface area contributed by atoms with E-state index in [1.807, 2.05) is 52.8 Å². The fraction of sp³-hybridized carbons (Fsp3) is 0.579. The molecule has 0 bridgehead atoms. The third kappa shape index (κ3) is 6.67. The van der Waals surface area contributed by atoms with Crippen LogP contribution in [0.1, 0.15) is 56.5 Å². The Morgan fingerprint density at radius 2 is 1.72 bits per heavy atom. The summed E-state index contributed by atoms with van der Waals surface area (Å²) < 4.78 is 0. The van der Waals surface area contributed by atoms with Crippen LogP contribution in [0, 0.1) is 12.8 Å². The van der Waals surface area contributed by atoms with Crippen LogP contribution in [0.15, 0.2) is 24.3 Å². The van der Waals surface area contributed by atoms with E-state index in [1.54, 1.807) is 6.07 Å². The molecule has 5 nitrogen and oxygen atoms in total. The predicted octanol–water partition coefficient (Wildman–Crippen LogP) is 2.80. The van der Waals surface area contributed by atoms with Crippen LogP contribution in [-0.4, -0.2) is 29.9 Å². The minimum absolute atomic E-state index is 0. The molecule has 0 heterocycles. The van der Waals surface area contributed by atoms with Crippen LogP contribution in [0.3, 0.4) is 0 Å². The summed E-state index contributed by atoms with van der Waals surface area (Å²) in [5.74, 6) is -0.441. The van der Waals surface area contributed by atoms with Crippen molar-refractivity contribution in [3.8, 4) is 0 Å². The lowest BCUT2D eigenvalue weighted by molar-refractivity contribution is -0.124. The normalized spacial score (nSPS) is 12.3. The molecule has 6 heteroatoms. The number of carbonyl (C=O) groups is 2. The Balaban J connectivity index is 0.00000576. The Hall–Kier alpha value is -1.59. The number of aryl methyl sites for hydroxylation is 1. The van der Waals surface area contributed by atoms with Gasteiger partial charge in [0.25, 0.3) is 5.91 Å². The van der Waals surface area contributed by atoms with Crippen LogP contribution in [0.5, 0.6) is 0 Å². The first-order valence-electron chi connectivity index (χ1n) is 8.67. The number of carbonyl (C=O) groups excluding carboxylic acids is 2. The average Bonchev–Trinajstić information content (AvgIpc) is 2.57. The molecule has 2 amide bonds. The van der Waals surface area contributed by atoms with E-state index in [-0.39, 0.29) is 30.1 Å². The zero-order chi connectivity index (χ0) is 18.3. The minimum atomic E-state index is -0.588. The Bertz CT molecular complexity index is 572. The maximum absolute atomic E-state index is 12.5. The van der Waals surface area contributed by atoms with Crippen LogP contribution >= 0.6 is 12.4 Å². The van der Waals surface area contributed by atoms with E-state index in [9.17, 15) is 9.59 Å². The van der Waals surface area contributed by atoms with Gasteiger partial charge in [-0.25, -0.2) is 0 Å². The molecule has 0 saturated heterocycles. The summed E-state index contributed by atoms with van der Waals surface area (Å²) in [6.07, 6.45) is 1.57. The van der Waals surface area contributed by atoms with Crippen LogP contribution in [0.4, 0.5) is 0 Å². The molecule has 1 rings (SSSR count). The van der Waals surface area contributed by atoms with Gasteiger partial charge < -0.3 is 16.4 Å². The summed E-state index contributed by atoms with van der Waals surface area (Å²) >= 11 is 0. The Labute approximate surface area is 157 Å². The van der Waals surface area contributed by atoms with Crippen molar-refractivity contribution in [2.75, 3.05) is 6.54 Å². The van der Waals surface area contributed by atoms with Crippen LogP contribution in [-0.2, 0) is 4.79 Å². The van der Waals surface area contributed by atoms with E-state index >= 15 is 0 Å². The number of nitrogens with two attached hydrogens (primary N) is 1. The molecule has 1 aromatic carbocycles. The molecule has 0 aromatic heterocycles. The molecule has 1 aromatic rings. The number of halogens is 1. The van der Waals surface area contributed by atoms with Crippen LogP contribution in [0.2, 0.25) is 0 Å². The lowest BCUT2D eigenvalue weighted by atomic mass is 9.94. The molecule has 0 aliphatic rings. The minimum Gasteiger partial charge on any atom is -0.352 e. The maximum atomic E-state index is 12.5. The molecular formula is C19H32ClN3O2. The molecule has 25 heavy (non-hydrogen) atoms. The van der Waals surface area contributed by atoms with Gasteiger partial charge in [0.05, 0.1) is 0 Å². The number of nitrogens with one attached hydrogen (secondary N) is 2. The largest absolute Gasteiger partial charge is 0.352 e. The van der Waals surface area contributed by atoms with Crippen molar-refractivity contribution < 1.29 is 9.59 Å². The number of hydrogen-bond donors (Lipinski definition) is 3. The van der Waals surface area contributed by atoms with Crippen LogP contribution in [0.25, 0.3) is 0 Å². The Morgan fingerprint density at radius 1 is 1.16 bits per heavy atom. The monoisotopic (exact) mass is 369 g/mol. The van der Waals surface area contributed by atoms with Gasteiger partial charge in [-0.1, -0.05) is 45.9 Å². The van der Waals surface area contributed by atoms with E-state index in [2.05, 4.69) is 10.6 Å². The molecule has 0 saturated carbocycles. The summed E-state index contributed by atoms with van der Waals surface area (Å²) in [6.45, 7) is 10.1.